The normalized spacial score (nSPS) is 10.1. The Bertz CT molecular complexity index is 595. The molecule has 5 nitrogen and oxygen atoms in total. The summed E-state index contributed by atoms with van der Waals surface area (Å²) in [5.74, 6) is 1.02. The van der Waals surface area contributed by atoms with E-state index in [2.05, 4.69) is 10.3 Å². The smallest absolute Gasteiger partial charge is 0.267 e. The number of aryl methyl sites for hydroxylation is 1. The third-order valence-electron chi connectivity index (χ3n) is 2.50. The summed E-state index contributed by atoms with van der Waals surface area (Å²) in [5, 5.41) is 3.65. The Morgan fingerprint density at radius 1 is 1.32 bits per heavy atom. The summed E-state index contributed by atoms with van der Waals surface area (Å²) in [6.45, 7) is 1.86. The van der Waals surface area contributed by atoms with Gasteiger partial charge in [0.05, 0.1) is 31.1 Å². The van der Waals surface area contributed by atoms with Crippen LogP contribution in [0, 0.1) is 6.92 Å². The summed E-state index contributed by atoms with van der Waals surface area (Å²) in [5.41, 5.74) is 0.597. The molecular formula is C13H14N2O3S. The molecule has 0 aliphatic rings. The van der Waals surface area contributed by atoms with Crippen LogP contribution in [0.1, 0.15) is 14.7 Å². The van der Waals surface area contributed by atoms with Gasteiger partial charge in [-0.2, -0.15) is 0 Å². The lowest BCUT2D eigenvalue weighted by atomic mass is 10.2. The monoisotopic (exact) mass is 278 g/mol. The number of nitrogens with zero attached hydrogens (tertiary/aromatic N) is 1. The van der Waals surface area contributed by atoms with Gasteiger partial charge in [0, 0.05) is 6.07 Å². The maximum Gasteiger partial charge on any atom is 0.267 e. The molecule has 6 heteroatoms. The number of hydrogen-bond donors (Lipinski definition) is 1. The maximum atomic E-state index is 12.0. The zero-order valence-corrected chi connectivity index (χ0v) is 11.7. The Balaban J connectivity index is 2.21. The first-order valence-electron chi connectivity index (χ1n) is 5.60. The maximum absolute atomic E-state index is 12.0. The number of amides is 1. The molecular weight excluding hydrogens is 264 g/mol. The van der Waals surface area contributed by atoms with E-state index in [1.807, 2.05) is 6.92 Å². The fourth-order valence-electron chi connectivity index (χ4n) is 1.55. The van der Waals surface area contributed by atoms with Crippen molar-refractivity contribution in [1.29, 1.82) is 0 Å². The summed E-state index contributed by atoms with van der Waals surface area (Å²) < 4.78 is 10.3. The van der Waals surface area contributed by atoms with Crippen molar-refractivity contribution in [2.45, 2.75) is 6.92 Å². The van der Waals surface area contributed by atoms with E-state index in [4.69, 9.17) is 9.47 Å². The molecule has 0 unspecified atom stereocenters. The molecule has 0 spiro atoms. The number of benzene rings is 1. The van der Waals surface area contributed by atoms with Crippen LogP contribution in [0.5, 0.6) is 11.5 Å². The second-order valence-electron chi connectivity index (χ2n) is 3.76. The molecule has 2 aromatic rings. The second-order valence-corrected chi connectivity index (χ2v) is 5.00. The van der Waals surface area contributed by atoms with E-state index in [1.165, 1.54) is 11.3 Å². The van der Waals surface area contributed by atoms with Crippen molar-refractivity contribution in [3.8, 4) is 11.5 Å². The number of rotatable bonds is 4. The highest BCUT2D eigenvalue weighted by molar-refractivity contribution is 7.13. The van der Waals surface area contributed by atoms with Gasteiger partial charge in [-0.1, -0.05) is 0 Å². The molecule has 0 radical (unpaired) electrons. The van der Waals surface area contributed by atoms with Crippen LogP contribution in [-0.4, -0.2) is 25.1 Å². The van der Waals surface area contributed by atoms with Gasteiger partial charge in [0.1, 0.15) is 16.4 Å². The molecule has 0 aliphatic carbocycles. The molecule has 0 fully saturated rings. The molecule has 0 bridgehead atoms. The van der Waals surface area contributed by atoms with Crippen molar-refractivity contribution in [1.82, 2.24) is 4.98 Å². The Morgan fingerprint density at radius 2 is 2.11 bits per heavy atom. The molecule has 0 aliphatic heterocycles. The Kier molecular flexibility index (Phi) is 4.01. The van der Waals surface area contributed by atoms with Crippen LogP contribution in [0.15, 0.2) is 24.4 Å². The lowest BCUT2D eigenvalue weighted by Gasteiger charge is -2.10. The average molecular weight is 278 g/mol. The van der Waals surface area contributed by atoms with Gasteiger partial charge in [0.15, 0.2) is 0 Å². The molecule has 1 amide bonds. The van der Waals surface area contributed by atoms with Crippen molar-refractivity contribution >= 4 is 22.9 Å². The number of hydrogen-bond acceptors (Lipinski definition) is 5. The minimum Gasteiger partial charge on any atom is -0.497 e. The van der Waals surface area contributed by atoms with Gasteiger partial charge in [-0.25, -0.2) is 4.98 Å². The molecule has 1 aromatic carbocycles. The molecule has 0 atom stereocenters. The number of carbonyl (C=O) groups excluding carboxylic acids is 1. The number of anilines is 1. The van der Waals surface area contributed by atoms with Gasteiger partial charge in [-0.05, 0) is 19.1 Å². The molecule has 19 heavy (non-hydrogen) atoms. The second kappa shape index (κ2) is 5.71. The van der Waals surface area contributed by atoms with Crippen molar-refractivity contribution in [3.05, 3.63) is 34.3 Å². The fraction of sp³-hybridized carbons (Fsp3) is 0.231. The standard InChI is InChI=1S/C13H14N2O3S/c1-8-14-7-12(19-8)13(16)15-10-5-4-9(17-2)6-11(10)18-3/h4-7H,1-3H3,(H,15,16). The first kappa shape index (κ1) is 13.4. The van der Waals surface area contributed by atoms with E-state index in [0.29, 0.717) is 22.1 Å². The first-order chi connectivity index (χ1) is 9.13. The van der Waals surface area contributed by atoms with Gasteiger partial charge < -0.3 is 14.8 Å². The highest BCUT2D eigenvalue weighted by Crippen LogP contribution is 2.29. The lowest BCUT2D eigenvalue weighted by Crippen LogP contribution is -2.11. The quantitative estimate of drug-likeness (QED) is 0.934. The highest BCUT2D eigenvalue weighted by atomic mass is 32.1. The van der Waals surface area contributed by atoms with Gasteiger partial charge >= 0.3 is 0 Å². The summed E-state index contributed by atoms with van der Waals surface area (Å²) in [7, 11) is 3.12. The predicted molar refractivity (Wildman–Crippen MR) is 74.4 cm³/mol. The highest BCUT2D eigenvalue weighted by Gasteiger charge is 2.12. The van der Waals surface area contributed by atoms with E-state index in [0.717, 1.165) is 5.01 Å². The molecule has 1 heterocycles. The summed E-state index contributed by atoms with van der Waals surface area (Å²) in [6, 6.07) is 5.22. The summed E-state index contributed by atoms with van der Waals surface area (Å²) in [6.07, 6.45) is 1.56. The zero-order chi connectivity index (χ0) is 13.8. The van der Waals surface area contributed by atoms with Crippen molar-refractivity contribution < 1.29 is 14.3 Å². The predicted octanol–water partition coefficient (Wildman–Crippen LogP) is 2.72. The van der Waals surface area contributed by atoms with Crippen LogP contribution in [0.2, 0.25) is 0 Å². The number of aromatic nitrogens is 1. The van der Waals surface area contributed by atoms with E-state index < -0.39 is 0 Å². The number of carbonyl (C=O) groups is 1. The molecule has 1 aromatic heterocycles. The van der Waals surface area contributed by atoms with E-state index in [1.54, 1.807) is 38.6 Å². The van der Waals surface area contributed by atoms with Crippen LogP contribution in [0.3, 0.4) is 0 Å². The Labute approximate surface area is 115 Å². The zero-order valence-electron chi connectivity index (χ0n) is 10.9. The van der Waals surface area contributed by atoms with Crippen LogP contribution in [0.4, 0.5) is 5.69 Å². The van der Waals surface area contributed by atoms with E-state index in [-0.39, 0.29) is 5.91 Å². The van der Waals surface area contributed by atoms with Crippen LogP contribution >= 0.6 is 11.3 Å². The molecule has 100 valence electrons. The SMILES string of the molecule is COc1ccc(NC(=O)c2cnc(C)s2)c(OC)c1. The number of methoxy groups -OCH3 is 2. The average Bonchev–Trinajstić information content (AvgIpc) is 2.86. The van der Waals surface area contributed by atoms with Gasteiger partial charge in [0.25, 0.3) is 5.91 Å². The minimum atomic E-state index is -0.200. The Hall–Kier alpha value is -2.08. The third kappa shape index (κ3) is 3.03. The van der Waals surface area contributed by atoms with Gasteiger partial charge in [0.2, 0.25) is 0 Å². The number of nitrogens with one attached hydrogen (secondary N) is 1. The van der Waals surface area contributed by atoms with E-state index >= 15 is 0 Å². The minimum absolute atomic E-state index is 0.200. The molecule has 0 saturated heterocycles. The largest absolute Gasteiger partial charge is 0.497 e. The topological polar surface area (TPSA) is 60.5 Å². The van der Waals surface area contributed by atoms with E-state index in [9.17, 15) is 4.79 Å². The van der Waals surface area contributed by atoms with Crippen LogP contribution in [-0.2, 0) is 0 Å². The summed E-state index contributed by atoms with van der Waals surface area (Å²) in [4.78, 5) is 16.6. The first-order valence-corrected chi connectivity index (χ1v) is 6.41. The van der Waals surface area contributed by atoms with Crippen LogP contribution in [0.25, 0.3) is 0 Å². The van der Waals surface area contributed by atoms with Crippen molar-refractivity contribution in [2.75, 3.05) is 19.5 Å². The molecule has 2 rings (SSSR count). The lowest BCUT2D eigenvalue weighted by molar-refractivity contribution is 0.103. The van der Waals surface area contributed by atoms with Gasteiger partial charge in [-0.15, -0.1) is 11.3 Å². The van der Waals surface area contributed by atoms with Gasteiger partial charge in [-0.3, -0.25) is 4.79 Å². The Morgan fingerprint density at radius 3 is 2.68 bits per heavy atom. The molecule has 1 N–H and O–H groups in total. The summed E-state index contributed by atoms with van der Waals surface area (Å²) >= 11 is 1.35. The van der Waals surface area contributed by atoms with Crippen molar-refractivity contribution in [2.24, 2.45) is 0 Å². The van der Waals surface area contributed by atoms with Crippen LogP contribution < -0.4 is 14.8 Å². The number of thiazole rings is 1. The van der Waals surface area contributed by atoms with Crippen molar-refractivity contribution in [3.63, 3.8) is 0 Å². The fourth-order valence-corrected chi connectivity index (χ4v) is 2.22. The third-order valence-corrected chi connectivity index (χ3v) is 3.41. The number of ether oxygens (including phenoxy) is 2. The molecule has 0 saturated carbocycles.